The number of hydrogen-bond acceptors (Lipinski definition) is 8. The van der Waals surface area contributed by atoms with E-state index >= 15 is 0 Å². The lowest BCUT2D eigenvalue weighted by molar-refractivity contribution is 0.0696. The van der Waals surface area contributed by atoms with Gasteiger partial charge in [0.1, 0.15) is 5.82 Å². The summed E-state index contributed by atoms with van der Waals surface area (Å²) < 4.78 is 11.0. The van der Waals surface area contributed by atoms with Gasteiger partial charge < -0.3 is 14.3 Å². The van der Waals surface area contributed by atoms with E-state index < -0.39 is 0 Å². The van der Waals surface area contributed by atoms with Crippen molar-refractivity contribution < 1.29 is 9.32 Å². The number of carbonyl (C=O) groups is 1. The van der Waals surface area contributed by atoms with Crippen LogP contribution in [0.2, 0.25) is 0 Å². The van der Waals surface area contributed by atoms with Crippen LogP contribution >= 0.6 is 11.5 Å². The number of carbonyl (C=O) groups excluding carboxylic acids is 1. The summed E-state index contributed by atoms with van der Waals surface area (Å²) in [5, 5.41) is 5.07. The molecule has 8 nitrogen and oxygen atoms in total. The maximum atomic E-state index is 12.7. The second-order valence-corrected chi connectivity index (χ2v) is 7.25. The summed E-state index contributed by atoms with van der Waals surface area (Å²) >= 11 is 1.50. The number of benzene rings is 1. The number of hydrogen-bond donors (Lipinski definition) is 0. The number of aromatic nitrogens is 4. The van der Waals surface area contributed by atoms with Gasteiger partial charge in [0.2, 0.25) is 5.82 Å². The summed E-state index contributed by atoms with van der Waals surface area (Å²) in [6.07, 6.45) is 3.29. The van der Waals surface area contributed by atoms with Gasteiger partial charge in [-0.1, -0.05) is 17.3 Å². The van der Waals surface area contributed by atoms with E-state index in [-0.39, 0.29) is 11.8 Å². The quantitative estimate of drug-likeness (QED) is 0.530. The Morgan fingerprint density at radius 2 is 1.82 bits per heavy atom. The van der Waals surface area contributed by atoms with Crippen molar-refractivity contribution in [3.63, 3.8) is 0 Å². The van der Waals surface area contributed by atoms with Crippen molar-refractivity contribution in [3.05, 3.63) is 54.7 Å². The fraction of sp³-hybridized carbons (Fsp3) is 0.211. The van der Waals surface area contributed by atoms with Crippen molar-refractivity contribution in [1.82, 2.24) is 24.4 Å². The van der Waals surface area contributed by atoms with E-state index in [1.807, 2.05) is 12.1 Å². The van der Waals surface area contributed by atoms with Gasteiger partial charge in [0.05, 0.1) is 4.70 Å². The lowest BCUT2D eigenvalue weighted by atomic mass is 10.2. The summed E-state index contributed by atoms with van der Waals surface area (Å²) in [5.74, 6) is 1.15. The Bertz CT molecular complexity index is 1120. The Hall–Kier alpha value is -3.33. The maximum absolute atomic E-state index is 12.7. The predicted octanol–water partition coefficient (Wildman–Crippen LogP) is 2.70. The van der Waals surface area contributed by atoms with Gasteiger partial charge in [-0.05, 0) is 35.8 Å². The monoisotopic (exact) mass is 392 g/mol. The number of anilines is 1. The molecule has 0 aliphatic carbocycles. The summed E-state index contributed by atoms with van der Waals surface area (Å²) in [6.45, 7) is 2.59. The van der Waals surface area contributed by atoms with Gasteiger partial charge in [-0.25, -0.2) is 0 Å². The molecule has 28 heavy (non-hydrogen) atoms. The largest absolute Gasteiger partial charge is 0.352 e. The molecule has 5 rings (SSSR count). The van der Waals surface area contributed by atoms with Gasteiger partial charge in [-0.2, -0.15) is 9.36 Å². The summed E-state index contributed by atoms with van der Waals surface area (Å²) in [4.78, 5) is 24.9. The molecule has 140 valence electrons. The Morgan fingerprint density at radius 3 is 2.64 bits per heavy atom. The minimum Gasteiger partial charge on any atom is -0.352 e. The highest BCUT2D eigenvalue weighted by Crippen LogP contribution is 2.30. The molecule has 0 N–H and O–H groups in total. The molecule has 0 radical (unpaired) electrons. The van der Waals surface area contributed by atoms with Crippen LogP contribution in [0.5, 0.6) is 0 Å². The van der Waals surface area contributed by atoms with Gasteiger partial charge in [-0.15, -0.1) is 0 Å². The molecule has 0 spiro atoms. The van der Waals surface area contributed by atoms with Crippen LogP contribution in [0.3, 0.4) is 0 Å². The molecule has 1 aliphatic heterocycles. The molecular weight excluding hydrogens is 376 g/mol. The zero-order valence-electron chi connectivity index (χ0n) is 14.9. The van der Waals surface area contributed by atoms with Crippen LogP contribution in [0.1, 0.15) is 10.7 Å². The van der Waals surface area contributed by atoms with Crippen molar-refractivity contribution >= 4 is 33.3 Å². The van der Waals surface area contributed by atoms with Crippen molar-refractivity contribution in [2.75, 3.05) is 31.1 Å². The maximum Gasteiger partial charge on any atom is 0.316 e. The highest BCUT2D eigenvalue weighted by Gasteiger charge is 2.27. The molecular formula is C19H16N6O2S. The van der Waals surface area contributed by atoms with Gasteiger partial charge >= 0.3 is 11.8 Å². The standard InChI is InChI=1S/C19H16N6O2S/c26-19(18-21-16(22-27-18)13-5-7-20-8-6-13)25-11-9-24(10-12-25)17-14-3-1-2-4-15(14)28-23-17/h1-8H,9-12H2. The van der Waals surface area contributed by atoms with Crippen LogP contribution in [0.4, 0.5) is 5.82 Å². The molecule has 0 atom stereocenters. The first kappa shape index (κ1) is 16.8. The molecule has 0 saturated carbocycles. The van der Waals surface area contributed by atoms with E-state index in [4.69, 9.17) is 4.52 Å². The van der Waals surface area contributed by atoms with Crippen LogP contribution in [0.15, 0.2) is 53.3 Å². The number of pyridine rings is 1. The van der Waals surface area contributed by atoms with Gasteiger partial charge in [0.25, 0.3) is 0 Å². The first-order valence-corrected chi connectivity index (χ1v) is 9.70. The highest BCUT2D eigenvalue weighted by atomic mass is 32.1. The molecule has 1 saturated heterocycles. The fourth-order valence-corrected chi connectivity index (χ4v) is 4.08. The third kappa shape index (κ3) is 2.99. The zero-order valence-corrected chi connectivity index (χ0v) is 15.7. The lowest BCUT2D eigenvalue weighted by Gasteiger charge is -2.34. The lowest BCUT2D eigenvalue weighted by Crippen LogP contribution is -2.49. The zero-order chi connectivity index (χ0) is 18.9. The Labute approximate surface area is 164 Å². The van der Waals surface area contributed by atoms with Crippen LogP contribution in [0, 0.1) is 0 Å². The van der Waals surface area contributed by atoms with Gasteiger partial charge in [0, 0.05) is 49.5 Å². The minimum absolute atomic E-state index is 0.0133. The number of rotatable bonds is 3. The van der Waals surface area contributed by atoms with Gasteiger partial charge in [-0.3, -0.25) is 9.78 Å². The molecule has 4 heterocycles. The van der Waals surface area contributed by atoms with Crippen molar-refractivity contribution in [3.8, 4) is 11.4 Å². The Balaban J connectivity index is 1.28. The van der Waals surface area contributed by atoms with Crippen LogP contribution < -0.4 is 4.90 Å². The molecule has 0 bridgehead atoms. The van der Waals surface area contributed by atoms with Crippen LogP contribution in [0.25, 0.3) is 21.5 Å². The van der Waals surface area contributed by atoms with Crippen LogP contribution in [-0.4, -0.2) is 56.5 Å². The Morgan fingerprint density at radius 1 is 1.04 bits per heavy atom. The number of fused-ring (bicyclic) bond motifs is 1. The molecule has 1 amide bonds. The normalized spacial score (nSPS) is 14.6. The molecule has 1 aliphatic rings. The van der Waals surface area contributed by atoms with Crippen molar-refractivity contribution in [2.24, 2.45) is 0 Å². The molecule has 1 aromatic carbocycles. The molecule has 9 heteroatoms. The van der Waals surface area contributed by atoms with Gasteiger partial charge in [0.15, 0.2) is 0 Å². The van der Waals surface area contributed by atoms with E-state index in [1.165, 1.54) is 16.2 Å². The van der Waals surface area contributed by atoms with E-state index in [0.29, 0.717) is 32.0 Å². The van der Waals surface area contributed by atoms with E-state index in [1.54, 1.807) is 29.4 Å². The molecule has 4 aromatic rings. The van der Waals surface area contributed by atoms with E-state index in [2.05, 4.69) is 36.5 Å². The molecule has 0 unspecified atom stereocenters. The average molecular weight is 392 g/mol. The van der Waals surface area contributed by atoms with Crippen LogP contribution in [-0.2, 0) is 0 Å². The molecule has 3 aromatic heterocycles. The summed E-state index contributed by atoms with van der Waals surface area (Å²) in [7, 11) is 0. The highest BCUT2D eigenvalue weighted by molar-refractivity contribution is 7.13. The number of piperazine rings is 1. The first-order valence-electron chi connectivity index (χ1n) is 8.92. The topological polar surface area (TPSA) is 88.2 Å². The summed E-state index contributed by atoms with van der Waals surface area (Å²) in [5.41, 5.74) is 0.762. The first-order chi connectivity index (χ1) is 13.8. The number of nitrogens with zero attached hydrogens (tertiary/aromatic N) is 6. The third-order valence-electron chi connectivity index (χ3n) is 4.77. The second-order valence-electron chi connectivity index (χ2n) is 6.44. The van der Waals surface area contributed by atoms with Crippen molar-refractivity contribution in [2.45, 2.75) is 0 Å². The smallest absolute Gasteiger partial charge is 0.316 e. The van der Waals surface area contributed by atoms with E-state index in [9.17, 15) is 4.79 Å². The fourth-order valence-electron chi connectivity index (χ4n) is 3.29. The summed E-state index contributed by atoms with van der Waals surface area (Å²) in [6, 6.07) is 11.8. The second kappa shape index (κ2) is 7.01. The van der Waals surface area contributed by atoms with E-state index in [0.717, 1.165) is 16.8 Å². The Kier molecular flexibility index (Phi) is 4.21. The molecule has 1 fully saturated rings. The van der Waals surface area contributed by atoms with Crippen molar-refractivity contribution in [1.29, 1.82) is 0 Å². The third-order valence-corrected chi connectivity index (χ3v) is 5.59. The minimum atomic E-state index is -0.240. The predicted molar refractivity (Wildman–Crippen MR) is 105 cm³/mol. The number of amides is 1. The average Bonchev–Trinajstić information content (AvgIpc) is 3.42. The SMILES string of the molecule is O=C(c1nc(-c2ccncc2)no1)N1CCN(c2nsc3ccccc23)CC1.